The first-order chi connectivity index (χ1) is 5.00. The molecule has 1 amide bonds. The van der Waals surface area contributed by atoms with Crippen LogP contribution in [0.4, 0.5) is 0 Å². The standard InChI is InChI=1S/C7H16N2O2/c1-5(2)6(7(8)10)9(3)11-4/h5-6H,1-4H3,(H2,8,10)/t6-/m0/s1. The molecule has 0 aromatic rings. The molecule has 0 bridgehead atoms. The minimum absolute atomic E-state index is 0.164. The summed E-state index contributed by atoms with van der Waals surface area (Å²) in [5, 5.41) is 1.47. The molecule has 0 aliphatic rings. The third kappa shape index (κ3) is 2.86. The zero-order valence-corrected chi connectivity index (χ0v) is 7.50. The van der Waals surface area contributed by atoms with E-state index < -0.39 is 0 Å². The Kier molecular flexibility index (Phi) is 4.07. The Morgan fingerprint density at radius 2 is 2.00 bits per heavy atom. The number of amides is 1. The Hall–Kier alpha value is -0.610. The Labute approximate surface area is 67.3 Å². The van der Waals surface area contributed by atoms with E-state index >= 15 is 0 Å². The van der Waals surface area contributed by atoms with Crippen LogP contribution in [0, 0.1) is 5.92 Å². The Morgan fingerprint density at radius 3 is 2.09 bits per heavy atom. The van der Waals surface area contributed by atoms with Crippen LogP contribution in [0.5, 0.6) is 0 Å². The summed E-state index contributed by atoms with van der Waals surface area (Å²) in [4.78, 5) is 15.7. The molecule has 0 saturated heterocycles. The zero-order valence-electron chi connectivity index (χ0n) is 7.50. The number of hydroxylamine groups is 2. The number of hydrogen-bond donors (Lipinski definition) is 1. The third-order valence-corrected chi connectivity index (χ3v) is 1.60. The predicted molar refractivity (Wildman–Crippen MR) is 42.6 cm³/mol. The molecule has 0 rings (SSSR count). The number of nitrogens with two attached hydrogens (primary N) is 1. The molecule has 0 unspecified atom stereocenters. The number of nitrogens with zero attached hydrogens (tertiary/aromatic N) is 1. The molecular weight excluding hydrogens is 144 g/mol. The smallest absolute Gasteiger partial charge is 0.237 e. The van der Waals surface area contributed by atoms with Gasteiger partial charge in [0.15, 0.2) is 0 Å². The van der Waals surface area contributed by atoms with Crippen molar-refractivity contribution >= 4 is 5.91 Å². The summed E-state index contributed by atoms with van der Waals surface area (Å²) in [6.07, 6.45) is 0. The maximum Gasteiger partial charge on any atom is 0.237 e. The van der Waals surface area contributed by atoms with Crippen LogP contribution in [-0.2, 0) is 9.63 Å². The molecule has 0 radical (unpaired) electrons. The van der Waals surface area contributed by atoms with Crippen molar-refractivity contribution in [3.8, 4) is 0 Å². The Morgan fingerprint density at radius 1 is 1.55 bits per heavy atom. The van der Waals surface area contributed by atoms with Gasteiger partial charge in [-0.15, -0.1) is 0 Å². The van der Waals surface area contributed by atoms with Crippen molar-refractivity contribution in [2.45, 2.75) is 19.9 Å². The molecule has 2 N–H and O–H groups in total. The molecule has 0 spiro atoms. The fourth-order valence-corrected chi connectivity index (χ4v) is 1.04. The van der Waals surface area contributed by atoms with E-state index in [1.165, 1.54) is 12.2 Å². The SMILES string of the molecule is CON(C)[C@H](C(N)=O)C(C)C. The van der Waals surface area contributed by atoms with Crippen LogP contribution in [0.15, 0.2) is 0 Å². The van der Waals surface area contributed by atoms with E-state index in [1.807, 2.05) is 13.8 Å². The third-order valence-electron chi connectivity index (χ3n) is 1.60. The van der Waals surface area contributed by atoms with Gasteiger partial charge in [0, 0.05) is 7.05 Å². The van der Waals surface area contributed by atoms with Crippen molar-refractivity contribution in [1.82, 2.24) is 5.06 Å². The highest BCUT2D eigenvalue weighted by Gasteiger charge is 2.23. The van der Waals surface area contributed by atoms with E-state index in [-0.39, 0.29) is 17.9 Å². The molecule has 11 heavy (non-hydrogen) atoms. The molecule has 0 saturated carbocycles. The van der Waals surface area contributed by atoms with E-state index in [0.29, 0.717) is 0 Å². The molecule has 0 aliphatic carbocycles. The molecule has 66 valence electrons. The second-order valence-electron chi connectivity index (χ2n) is 2.82. The van der Waals surface area contributed by atoms with Crippen LogP contribution in [0.3, 0.4) is 0 Å². The highest BCUT2D eigenvalue weighted by molar-refractivity contribution is 5.79. The average molecular weight is 160 g/mol. The van der Waals surface area contributed by atoms with Crippen LogP contribution in [0.2, 0.25) is 0 Å². The lowest BCUT2D eigenvalue weighted by molar-refractivity contribution is -0.165. The van der Waals surface area contributed by atoms with E-state index in [0.717, 1.165) is 0 Å². The number of hydrogen-bond acceptors (Lipinski definition) is 3. The van der Waals surface area contributed by atoms with Gasteiger partial charge in [-0.2, -0.15) is 5.06 Å². The topological polar surface area (TPSA) is 55.6 Å². The van der Waals surface area contributed by atoms with Gasteiger partial charge >= 0.3 is 0 Å². The van der Waals surface area contributed by atoms with Gasteiger partial charge in [-0.25, -0.2) is 0 Å². The first-order valence-electron chi connectivity index (χ1n) is 3.57. The monoisotopic (exact) mass is 160 g/mol. The van der Waals surface area contributed by atoms with Crippen LogP contribution in [0.25, 0.3) is 0 Å². The zero-order chi connectivity index (χ0) is 9.02. The molecule has 4 heteroatoms. The molecule has 0 heterocycles. The van der Waals surface area contributed by atoms with Crippen molar-refractivity contribution in [2.75, 3.05) is 14.2 Å². The van der Waals surface area contributed by atoms with E-state index in [2.05, 4.69) is 0 Å². The summed E-state index contributed by atoms with van der Waals surface area (Å²) in [6.45, 7) is 3.84. The molecule has 0 aromatic heterocycles. The number of carbonyl (C=O) groups excluding carboxylic acids is 1. The van der Waals surface area contributed by atoms with Gasteiger partial charge in [0.25, 0.3) is 0 Å². The van der Waals surface area contributed by atoms with Crippen molar-refractivity contribution in [3.63, 3.8) is 0 Å². The molecule has 1 atom stereocenters. The summed E-state index contributed by atoms with van der Waals surface area (Å²) in [5.41, 5.74) is 5.15. The lowest BCUT2D eigenvalue weighted by atomic mass is 10.0. The highest BCUT2D eigenvalue weighted by atomic mass is 16.7. The minimum atomic E-state index is -0.357. The molecule has 0 aliphatic heterocycles. The van der Waals surface area contributed by atoms with Gasteiger partial charge in [-0.3, -0.25) is 4.79 Å². The van der Waals surface area contributed by atoms with Gasteiger partial charge in [0.05, 0.1) is 7.11 Å². The average Bonchev–Trinajstić information content (AvgIpc) is 1.85. The molecule has 0 aromatic carbocycles. The normalized spacial score (nSPS) is 14.0. The van der Waals surface area contributed by atoms with Gasteiger partial charge in [0.2, 0.25) is 5.91 Å². The van der Waals surface area contributed by atoms with Crippen LogP contribution in [-0.4, -0.2) is 31.2 Å². The Balaban J connectivity index is 4.21. The molecular formula is C7H16N2O2. The van der Waals surface area contributed by atoms with Crippen LogP contribution in [0.1, 0.15) is 13.8 Å². The second-order valence-corrected chi connectivity index (χ2v) is 2.82. The summed E-state index contributed by atoms with van der Waals surface area (Å²) in [6, 6.07) is -0.347. The fraction of sp³-hybridized carbons (Fsp3) is 0.857. The highest BCUT2D eigenvalue weighted by Crippen LogP contribution is 2.07. The maximum absolute atomic E-state index is 10.8. The fourth-order valence-electron chi connectivity index (χ4n) is 1.04. The summed E-state index contributed by atoms with van der Waals surface area (Å²) in [5.74, 6) is -0.193. The van der Waals surface area contributed by atoms with Gasteiger partial charge in [-0.05, 0) is 5.92 Å². The van der Waals surface area contributed by atoms with E-state index in [1.54, 1.807) is 7.05 Å². The minimum Gasteiger partial charge on any atom is -0.368 e. The summed E-state index contributed by atoms with van der Waals surface area (Å²) >= 11 is 0. The lowest BCUT2D eigenvalue weighted by Gasteiger charge is -2.25. The quantitative estimate of drug-likeness (QED) is 0.588. The number of carbonyl (C=O) groups is 1. The molecule has 0 fully saturated rings. The van der Waals surface area contributed by atoms with Crippen LogP contribution < -0.4 is 5.73 Å². The van der Waals surface area contributed by atoms with Crippen molar-refractivity contribution in [2.24, 2.45) is 11.7 Å². The summed E-state index contributed by atoms with van der Waals surface area (Å²) < 4.78 is 0. The first-order valence-corrected chi connectivity index (χ1v) is 3.57. The van der Waals surface area contributed by atoms with Crippen LogP contribution >= 0.6 is 0 Å². The van der Waals surface area contributed by atoms with Gasteiger partial charge < -0.3 is 10.6 Å². The maximum atomic E-state index is 10.8. The first kappa shape index (κ1) is 10.4. The summed E-state index contributed by atoms with van der Waals surface area (Å²) in [7, 11) is 3.20. The number of rotatable bonds is 4. The van der Waals surface area contributed by atoms with Crippen molar-refractivity contribution < 1.29 is 9.63 Å². The van der Waals surface area contributed by atoms with E-state index in [9.17, 15) is 4.79 Å². The predicted octanol–water partition coefficient (Wildman–Crippen LogP) is -0.0105. The van der Waals surface area contributed by atoms with Crippen molar-refractivity contribution in [1.29, 1.82) is 0 Å². The second kappa shape index (κ2) is 4.31. The van der Waals surface area contributed by atoms with Gasteiger partial charge in [-0.1, -0.05) is 13.8 Å². The van der Waals surface area contributed by atoms with Crippen molar-refractivity contribution in [3.05, 3.63) is 0 Å². The lowest BCUT2D eigenvalue weighted by Crippen LogP contribution is -2.45. The van der Waals surface area contributed by atoms with E-state index in [4.69, 9.17) is 10.6 Å². The Bertz CT molecular complexity index is 136. The largest absolute Gasteiger partial charge is 0.368 e. The van der Waals surface area contributed by atoms with Gasteiger partial charge in [0.1, 0.15) is 6.04 Å². The number of primary amides is 1. The number of likely N-dealkylation sites (N-methyl/N-ethyl adjacent to an activating group) is 1. The molecule has 4 nitrogen and oxygen atoms in total.